The number of aliphatic hydroxyl groups is 1. The number of aromatic nitrogens is 1. The average Bonchev–Trinajstić information content (AvgIpc) is 3.28. The standard InChI is InChI=1S/C28H36IN3O5/c1-4-36-28(34)32-12-11-23-24-15-19(16-29)5-10-25(24)30-26(23)27(32)20-6-8-22(9-7-20)37-18-21(33)17-31(2)13-14-35-3/h5-10,15,21,27,30,33H,4,11-14,16-18H2,1-3H3. The number of hydrogen-bond acceptors (Lipinski definition) is 6. The van der Waals surface area contributed by atoms with Crippen LogP contribution in [0.3, 0.4) is 0 Å². The molecule has 3 aromatic rings. The molecule has 2 unspecified atom stereocenters. The maximum absolute atomic E-state index is 12.9. The Balaban J connectivity index is 1.55. The number of ether oxygens (including phenoxy) is 3. The molecule has 0 saturated carbocycles. The fraction of sp³-hybridized carbons (Fsp3) is 0.464. The highest BCUT2D eigenvalue weighted by Crippen LogP contribution is 2.39. The molecule has 2 heterocycles. The van der Waals surface area contributed by atoms with Crippen molar-refractivity contribution in [3.8, 4) is 5.75 Å². The second-order valence-electron chi connectivity index (χ2n) is 9.36. The molecule has 0 saturated heterocycles. The number of aromatic amines is 1. The van der Waals surface area contributed by atoms with Gasteiger partial charge >= 0.3 is 6.09 Å². The van der Waals surface area contributed by atoms with Gasteiger partial charge in [-0.1, -0.05) is 40.8 Å². The van der Waals surface area contributed by atoms with Crippen LogP contribution in [0.15, 0.2) is 42.5 Å². The number of H-pyrrole nitrogens is 1. The van der Waals surface area contributed by atoms with Crippen molar-refractivity contribution in [2.45, 2.75) is 29.9 Å². The summed E-state index contributed by atoms with van der Waals surface area (Å²) < 4.78 is 17.3. The highest BCUT2D eigenvalue weighted by molar-refractivity contribution is 14.1. The van der Waals surface area contributed by atoms with Gasteiger partial charge in [0.25, 0.3) is 0 Å². The number of nitrogens with one attached hydrogen (secondary N) is 1. The summed E-state index contributed by atoms with van der Waals surface area (Å²) in [7, 11) is 3.61. The van der Waals surface area contributed by atoms with Gasteiger partial charge in [0, 0.05) is 47.8 Å². The van der Waals surface area contributed by atoms with E-state index in [-0.39, 0.29) is 18.7 Å². The number of halogens is 1. The Hall–Kier alpha value is -2.34. The molecule has 9 heteroatoms. The van der Waals surface area contributed by atoms with Crippen LogP contribution in [0, 0.1) is 0 Å². The number of carbonyl (C=O) groups excluding carboxylic acids is 1. The molecule has 2 atom stereocenters. The van der Waals surface area contributed by atoms with Crippen molar-refractivity contribution in [1.29, 1.82) is 0 Å². The van der Waals surface area contributed by atoms with Crippen molar-refractivity contribution in [2.24, 2.45) is 0 Å². The SMILES string of the molecule is CCOC(=O)N1CCc2c([nH]c3ccc(CI)cc23)C1c1ccc(OCC(O)CN(C)CCOC)cc1. The van der Waals surface area contributed by atoms with Crippen molar-refractivity contribution in [2.75, 3.05) is 53.6 Å². The topological polar surface area (TPSA) is 87.3 Å². The third-order valence-electron chi connectivity index (χ3n) is 6.69. The van der Waals surface area contributed by atoms with Crippen LogP contribution in [0.25, 0.3) is 10.9 Å². The van der Waals surface area contributed by atoms with Gasteiger partial charge in [0.2, 0.25) is 0 Å². The fourth-order valence-electron chi connectivity index (χ4n) is 4.86. The fourth-order valence-corrected chi connectivity index (χ4v) is 5.33. The smallest absolute Gasteiger partial charge is 0.410 e. The number of aliphatic hydroxyl groups excluding tert-OH is 1. The van der Waals surface area contributed by atoms with Crippen LogP contribution in [0.2, 0.25) is 0 Å². The van der Waals surface area contributed by atoms with Crippen molar-refractivity contribution in [3.05, 3.63) is 64.8 Å². The zero-order valence-corrected chi connectivity index (χ0v) is 23.9. The molecule has 2 N–H and O–H groups in total. The van der Waals surface area contributed by atoms with Gasteiger partial charge in [-0.25, -0.2) is 4.79 Å². The number of methoxy groups -OCH3 is 1. The molecule has 200 valence electrons. The van der Waals surface area contributed by atoms with Crippen molar-refractivity contribution in [1.82, 2.24) is 14.8 Å². The van der Waals surface area contributed by atoms with Gasteiger partial charge in [0.15, 0.2) is 0 Å². The van der Waals surface area contributed by atoms with Crippen LogP contribution >= 0.6 is 22.6 Å². The molecule has 0 spiro atoms. The molecule has 2 aromatic carbocycles. The average molecular weight is 622 g/mol. The number of fused-ring (bicyclic) bond motifs is 3. The first-order chi connectivity index (χ1) is 17.9. The monoisotopic (exact) mass is 621 g/mol. The Bertz CT molecular complexity index is 1180. The largest absolute Gasteiger partial charge is 0.491 e. The first kappa shape index (κ1) is 27.7. The third-order valence-corrected chi connectivity index (χ3v) is 7.57. The molecule has 1 amide bonds. The van der Waals surface area contributed by atoms with E-state index in [4.69, 9.17) is 14.2 Å². The van der Waals surface area contributed by atoms with Crippen molar-refractivity contribution < 1.29 is 24.1 Å². The molecular formula is C28H36IN3O5. The molecule has 0 aliphatic carbocycles. The van der Waals surface area contributed by atoms with E-state index >= 15 is 0 Å². The zero-order chi connectivity index (χ0) is 26.4. The molecule has 1 aromatic heterocycles. The summed E-state index contributed by atoms with van der Waals surface area (Å²) >= 11 is 2.38. The predicted octanol–water partition coefficient (Wildman–Crippen LogP) is 4.52. The number of carbonyl (C=O) groups is 1. The second kappa shape index (κ2) is 12.9. The third kappa shape index (κ3) is 6.57. The predicted molar refractivity (Wildman–Crippen MR) is 153 cm³/mol. The molecule has 0 fully saturated rings. The summed E-state index contributed by atoms with van der Waals surface area (Å²) in [5.74, 6) is 0.671. The van der Waals surface area contributed by atoms with Crippen LogP contribution < -0.4 is 4.74 Å². The van der Waals surface area contributed by atoms with E-state index in [0.717, 1.165) is 34.2 Å². The van der Waals surface area contributed by atoms with Gasteiger partial charge in [-0.2, -0.15) is 0 Å². The Morgan fingerprint density at radius 1 is 1.27 bits per heavy atom. The lowest BCUT2D eigenvalue weighted by atomic mass is 9.92. The highest BCUT2D eigenvalue weighted by atomic mass is 127. The van der Waals surface area contributed by atoms with Gasteiger partial charge in [0.1, 0.15) is 24.5 Å². The highest BCUT2D eigenvalue weighted by Gasteiger charge is 2.35. The lowest BCUT2D eigenvalue weighted by Gasteiger charge is -2.35. The lowest BCUT2D eigenvalue weighted by molar-refractivity contribution is 0.0667. The summed E-state index contributed by atoms with van der Waals surface area (Å²) in [5, 5.41) is 11.6. The number of rotatable bonds is 11. The number of benzene rings is 2. The molecule has 1 aliphatic rings. The Morgan fingerprint density at radius 2 is 2.05 bits per heavy atom. The van der Waals surface area contributed by atoms with Crippen LogP contribution in [0.1, 0.15) is 35.3 Å². The van der Waals surface area contributed by atoms with Gasteiger partial charge in [-0.3, -0.25) is 4.90 Å². The van der Waals surface area contributed by atoms with Gasteiger partial charge < -0.3 is 29.2 Å². The summed E-state index contributed by atoms with van der Waals surface area (Å²) in [4.78, 5) is 20.3. The van der Waals surface area contributed by atoms with E-state index < -0.39 is 6.10 Å². The minimum Gasteiger partial charge on any atom is -0.491 e. The maximum atomic E-state index is 12.9. The molecule has 1 aliphatic heterocycles. The Labute approximate surface area is 232 Å². The van der Waals surface area contributed by atoms with E-state index in [1.54, 1.807) is 12.0 Å². The summed E-state index contributed by atoms with van der Waals surface area (Å²) in [5.41, 5.74) is 5.63. The summed E-state index contributed by atoms with van der Waals surface area (Å²) in [6.07, 6.45) is -0.154. The quantitative estimate of drug-likeness (QED) is 0.242. The Kier molecular flexibility index (Phi) is 9.69. The van der Waals surface area contributed by atoms with E-state index in [0.29, 0.717) is 32.1 Å². The van der Waals surface area contributed by atoms with Crippen LogP contribution in [-0.4, -0.2) is 85.7 Å². The minimum atomic E-state index is -0.611. The van der Waals surface area contributed by atoms with Crippen LogP contribution in [-0.2, 0) is 20.3 Å². The second-order valence-corrected chi connectivity index (χ2v) is 10.1. The molecule has 8 nitrogen and oxygen atoms in total. The van der Waals surface area contributed by atoms with E-state index in [2.05, 4.69) is 45.8 Å². The summed E-state index contributed by atoms with van der Waals surface area (Å²) in [6.45, 7) is 4.80. The first-order valence-electron chi connectivity index (χ1n) is 12.7. The summed E-state index contributed by atoms with van der Waals surface area (Å²) in [6, 6.07) is 14.0. The van der Waals surface area contributed by atoms with Gasteiger partial charge in [0.05, 0.1) is 13.2 Å². The van der Waals surface area contributed by atoms with Gasteiger partial charge in [-0.05, 0) is 61.3 Å². The number of alkyl halides is 1. The van der Waals surface area contributed by atoms with E-state index in [9.17, 15) is 9.90 Å². The normalized spacial score (nSPS) is 16.2. The minimum absolute atomic E-state index is 0.195. The lowest BCUT2D eigenvalue weighted by Crippen LogP contribution is -2.41. The molecular weight excluding hydrogens is 585 g/mol. The molecule has 0 radical (unpaired) electrons. The Morgan fingerprint density at radius 3 is 2.76 bits per heavy atom. The molecule has 37 heavy (non-hydrogen) atoms. The number of likely N-dealkylation sites (N-methyl/N-ethyl adjacent to an activating group) is 1. The van der Waals surface area contributed by atoms with Gasteiger partial charge in [-0.15, -0.1) is 0 Å². The maximum Gasteiger partial charge on any atom is 0.410 e. The van der Waals surface area contributed by atoms with Crippen LogP contribution in [0.5, 0.6) is 5.75 Å². The zero-order valence-electron chi connectivity index (χ0n) is 21.7. The van der Waals surface area contributed by atoms with E-state index in [1.807, 2.05) is 43.1 Å². The van der Waals surface area contributed by atoms with Crippen molar-refractivity contribution >= 4 is 39.6 Å². The molecule has 4 rings (SSSR count). The number of hydrogen-bond donors (Lipinski definition) is 2. The number of amides is 1. The van der Waals surface area contributed by atoms with Crippen LogP contribution in [0.4, 0.5) is 4.79 Å². The number of nitrogens with zero attached hydrogens (tertiary/aromatic N) is 2. The van der Waals surface area contributed by atoms with Crippen molar-refractivity contribution in [3.63, 3.8) is 0 Å². The van der Waals surface area contributed by atoms with E-state index in [1.165, 1.54) is 16.5 Å². The molecule has 0 bridgehead atoms. The first-order valence-corrected chi connectivity index (χ1v) is 14.2.